The summed E-state index contributed by atoms with van der Waals surface area (Å²) in [7, 11) is 0. The molecule has 4 rings (SSSR count). The normalized spacial score (nSPS) is 18.7. The van der Waals surface area contributed by atoms with Crippen LogP contribution in [0.25, 0.3) is 10.9 Å². The summed E-state index contributed by atoms with van der Waals surface area (Å²) in [5.41, 5.74) is 0.689. The average molecular weight is 327 g/mol. The summed E-state index contributed by atoms with van der Waals surface area (Å²) in [5, 5.41) is 10.9. The molecule has 0 saturated carbocycles. The van der Waals surface area contributed by atoms with Crippen LogP contribution in [0.15, 0.2) is 29.1 Å². The quantitative estimate of drug-likeness (QED) is 0.799. The number of likely N-dealkylation sites (tertiary alicyclic amines) is 1. The van der Waals surface area contributed by atoms with Crippen LogP contribution in [0.2, 0.25) is 0 Å². The van der Waals surface area contributed by atoms with Gasteiger partial charge in [0.25, 0.3) is 5.56 Å². The first-order valence-corrected chi connectivity index (χ1v) is 8.54. The Morgan fingerprint density at radius 3 is 3.04 bits per heavy atom. The first kappa shape index (κ1) is 14.5. The van der Waals surface area contributed by atoms with Crippen molar-refractivity contribution in [1.29, 1.82) is 0 Å². The molecule has 3 heterocycles. The number of aryl methyl sites for hydroxylation is 1. The molecule has 0 spiro atoms. The Balaban J connectivity index is 1.67. The first-order valence-electron chi connectivity index (χ1n) is 7.73. The molecule has 3 aromatic rings. The van der Waals surface area contributed by atoms with Gasteiger partial charge in [0.15, 0.2) is 0 Å². The predicted molar refractivity (Wildman–Crippen MR) is 89.4 cm³/mol. The number of nitrogens with one attached hydrogen (secondary N) is 1. The third-order valence-electron chi connectivity index (χ3n) is 4.22. The largest absolute Gasteiger partial charge is 0.309 e. The van der Waals surface area contributed by atoms with Crippen LogP contribution < -0.4 is 5.56 Å². The van der Waals surface area contributed by atoms with Crippen molar-refractivity contribution in [3.05, 3.63) is 50.5 Å². The van der Waals surface area contributed by atoms with Crippen molar-refractivity contribution in [3.8, 4) is 0 Å². The topological polar surface area (TPSA) is 74.8 Å². The third-order valence-corrected chi connectivity index (χ3v) is 5.04. The molecular weight excluding hydrogens is 310 g/mol. The summed E-state index contributed by atoms with van der Waals surface area (Å²) in [5.74, 6) is 0.757. The highest BCUT2D eigenvalue weighted by atomic mass is 32.1. The molecule has 1 aliphatic rings. The molecule has 1 saturated heterocycles. The zero-order valence-corrected chi connectivity index (χ0v) is 13.6. The average Bonchev–Trinajstić information content (AvgIpc) is 3.17. The maximum Gasteiger partial charge on any atom is 0.258 e. The van der Waals surface area contributed by atoms with Crippen LogP contribution in [0.5, 0.6) is 0 Å². The summed E-state index contributed by atoms with van der Waals surface area (Å²) >= 11 is 1.62. The standard InChI is InChI=1S/C16H17N5OS/c1-10-19-20-14(23-10)9-21-8-4-7-13(21)15-17-12-6-3-2-5-11(12)16(22)18-15/h2-3,5-6,13H,4,7-9H2,1H3,(H,17,18,22). The Bertz CT molecular complexity index is 903. The maximum atomic E-state index is 12.3. The molecule has 23 heavy (non-hydrogen) atoms. The molecule has 0 bridgehead atoms. The van der Waals surface area contributed by atoms with Gasteiger partial charge in [-0.25, -0.2) is 4.98 Å². The van der Waals surface area contributed by atoms with Gasteiger partial charge in [-0.15, -0.1) is 21.5 Å². The molecule has 1 fully saturated rings. The van der Waals surface area contributed by atoms with E-state index in [1.165, 1.54) is 0 Å². The highest BCUT2D eigenvalue weighted by molar-refractivity contribution is 7.11. The lowest BCUT2D eigenvalue weighted by molar-refractivity contribution is 0.239. The molecule has 1 atom stereocenters. The number of aromatic nitrogens is 4. The highest BCUT2D eigenvalue weighted by Crippen LogP contribution is 2.31. The summed E-state index contributed by atoms with van der Waals surface area (Å²) in [4.78, 5) is 22.3. The summed E-state index contributed by atoms with van der Waals surface area (Å²) in [6.45, 7) is 3.71. The number of nitrogens with zero attached hydrogens (tertiary/aromatic N) is 4. The third kappa shape index (κ3) is 2.77. The van der Waals surface area contributed by atoms with Crippen LogP contribution in [-0.2, 0) is 6.54 Å². The second-order valence-corrected chi connectivity index (χ2v) is 7.08. The Labute approximate surface area is 137 Å². The number of aromatic amines is 1. The van der Waals surface area contributed by atoms with Crippen molar-refractivity contribution in [3.63, 3.8) is 0 Å². The van der Waals surface area contributed by atoms with Gasteiger partial charge in [0.05, 0.1) is 23.5 Å². The number of benzene rings is 1. The van der Waals surface area contributed by atoms with E-state index < -0.39 is 0 Å². The molecular formula is C16H17N5OS. The minimum absolute atomic E-state index is 0.0655. The molecule has 1 aliphatic heterocycles. The SMILES string of the molecule is Cc1nnc(CN2CCCC2c2nc3ccccc3c(=O)[nH]2)s1. The van der Waals surface area contributed by atoms with Crippen LogP contribution in [0.3, 0.4) is 0 Å². The summed E-state index contributed by atoms with van der Waals surface area (Å²) in [6, 6.07) is 7.60. The molecule has 2 aromatic heterocycles. The lowest BCUT2D eigenvalue weighted by Gasteiger charge is -2.22. The van der Waals surface area contributed by atoms with E-state index in [2.05, 4.69) is 25.1 Å². The van der Waals surface area contributed by atoms with Gasteiger partial charge >= 0.3 is 0 Å². The Morgan fingerprint density at radius 1 is 1.35 bits per heavy atom. The second kappa shape index (κ2) is 5.82. The Morgan fingerprint density at radius 2 is 2.22 bits per heavy atom. The zero-order chi connectivity index (χ0) is 15.8. The summed E-state index contributed by atoms with van der Waals surface area (Å²) < 4.78 is 0. The molecule has 1 unspecified atom stereocenters. The van der Waals surface area contributed by atoms with E-state index in [9.17, 15) is 4.79 Å². The molecule has 0 radical (unpaired) electrons. The predicted octanol–water partition coefficient (Wildman–Crippen LogP) is 2.42. The summed E-state index contributed by atoms with van der Waals surface area (Å²) in [6.07, 6.45) is 2.10. The minimum Gasteiger partial charge on any atom is -0.309 e. The van der Waals surface area contributed by atoms with Crippen LogP contribution in [0.1, 0.15) is 34.7 Å². The van der Waals surface area contributed by atoms with Gasteiger partial charge in [0.2, 0.25) is 0 Å². The minimum atomic E-state index is -0.0655. The fourth-order valence-corrected chi connectivity index (χ4v) is 3.90. The number of H-pyrrole nitrogens is 1. The van der Waals surface area contributed by atoms with Gasteiger partial charge in [-0.05, 0) is 38.4 Å². The second-order valence-electron chi connectivity index (χ2n) is 5.81. The number of fused-ring (bicyclic) bond motifs is 1. The van der Waals surface area contributed by atoms with E-state index in [-0.39, 0.29) is 11.6 Å². The molecule has 1 N–H and O–H groups in total. The highest BCUT2D eigenvalue weighted by Gasteiger charge is 2.29. The Kier molecular flexibility index (Phi) is 3.66. The van der Waals surface area contributed by atoms with E-state index in [0.29, 0.717) is 5.39 Å². The van der Waals surface area contributed by atoms with E-state index in [1.54, 1.807) is 17.4 Å². The van der Waals surface area contributed by atoms with Crippen LogP contribution in [0, 0.1) is 6.92 Å². The first-order chi connectivity index (χ1) is 11.2. The molecule has 0 aliphatic carbocycles. The van der Waals surface area contributed by atoms with E-state index >= 15 is 0 Å². The maximum absolute atomic E-state index is 12.3. The smallest absolute Gasteiger partial charge is 0.258 e. The molecule has 1 aromatic carbocycles. The lowest BCUT2D eigenvalue weighted by Crippen LogP contribution is -2.26. The van der Waals surface area contributed by atoms with Crippen LogP contribution >= 0.6 is 11.3 Å². The van der Waals surface area contributed by atoms with Crippen molar-refractivity contribution >= 4 is 22.2 Å². The fourth-order valence-electron chi connectivity index (χ4n) is 3.16. The molecule has 0 amide bonds. The van der Waals surface area contributed by atoms with Crippen molar-refractivity contribution in [1.82, 2.24) is 25.1 Å². The number of hydrogen-bond donors (Lipinski definition) is 1. The number of hydrogen-bond acceptors (Lipinski definition) is 6. The van der Waals surface area contributed by atoms with Crippen molar-refractivity contribution in [2.24, 2.45) is 0 Å². The monoisotopic (exact) mass is 327 g/mol. The van der Waals surface area contributed by atoms with Crippen molar-refractivity contribution in [2.45, 2.75) is 32.4 Å². The number of para-hydroxylation sites is 1. The van der Waals surface area contributed by atoms with E-state index in [0.717, 1.165) is 47.3 Å². The molecule has 118 valence electrons. The van der Waals surface area contributed by atoms with Gasteiger partial charge in [-0.3, -0.25) is 9.69 Å². The van der Waals surface area contributed by atoms with Crippen LogP contribution in [-0.4, -0.2) is 31.6 Å². The molecule has 7 heteroatoms. The van der Waals surface area contributed by atoms with Gasteiger partial charge in [-0.2, -0.15) is 0 Å². The van der Waals surface area contributed by atoms with Gasteiger partial charge in [0.1, 0.15) is 15.8 Å². The van der Waals surface area contributed by atoms with Crippen molar-refractivity contribution < 1.29 is 0 Å². The van der Waals surface area contributed by atoms with Crippen molar-refractivity contribution in [2.75, 3.05) is 6.54 Å². The lowest BCUT2D eigenvalue weighted by atomic mass is 10.2. The van der Waals surface area contributed by atoms with E-state index in [1.807, 2.05) is 25.1 Å². The van der Waals surface area contributed by atoms with Gasteiger partial charge < -0.3 is 4.98 Å². The van der Waals surface area contributed by atoms with E-state index in [4.69, 9.17) is 0 Å². The fraction of sp³-hybridized carbons (Fsp3) is 0.375. The van der Waals surface area contributed by atoms with Gasteiger partial charge in [-0.1, -0.05) is 12.1 Å². The molecule has 6 nitrogen and oxygen atoms in total. The van der Waals surface area contributed by atoms with Gasteiger partial charge in [0, 0.05) is 0 Å². The number of rotatable bonds is 3. The zero-order valence-electron chi connectivity index (χ0n) is 12.8. The van der Waals surface area contributed by atoms with Crippen LogP contribution in [0.4, 0.5) is 0 Å². The Hall–Kier alpha value is -2.12.